The Morgan fingerprint density at radius 1 is 0.868 bits per heavy atom. The van der Waals surface area contributed by atoms with E-state index in [0.29, 0.717) is 24.1 Å². The molecule has 4 aliphatic heterocycles. The van der Waals surface area contributed by atoms with Crippen LogP contribution in [0.25, 0.3) is 0 Å². The second kappa shape index (κ2) is 12.6. The summed E-state index contributed by atoms with van der Waals surface area (Å²) in [6.07, 6.45) is -3.45. The van der Waals surface area contributed by atoms with E-state index in [9.17, 15) is 34.8 Å². The quantitative estimate of drug-likeness (QED) is 0.140. The number of aliphatic hydroxyl groups excluding tert-OH is 3. The number of phenolic OH excluding ortho intramolecular Hbond substituents is 1. The third-order valence-electron chi connectivity index (χ3n) is 11.5. The minimum absolute atomic E-state index is 0.0505. The van der Waals surface area contributed by atoms with Gasteiger partial charge in [0.25, 0.3) is 0 Å². The van der Waals surface area contributed by atoms with Crippen LogP contribution in [0.1, 0.15) is 74.6 Å². The molecule has 3 aromatic rings. The Morgan fingerprint density at radius 2 is 1.58 bits per heavy atom. The predicted molar refractivity (Wildman–Crippen MR) is 186 cm³/mol. The molecule has 2 aliphatic carbocycles. The Labute approximate surface area is 303 Å². The topological polar surface area (TPSA) is 225 Å². The van der Waals surface area contributed by atoms with Gasteiger partial charge in [0.05, 0.1) is 18.5 Å². The van der Waals surface area contributed by atoms with E-state index in [2.05, 4.69) is 16.0 Å². The number of para-hydroxylation sites is 1. The molecule has 9 atom stereocenters. The van der Waals surface area contributed by atoms with Gasteiger partial charge in [-0.15, -0.1) is 0 Å². The van der Waals surface area contributed by atoms with Gasteiger partial charge in [-0.3, -0.25) is 30.8 Å². The van der Waals surface area contributed by atoms with E-state index in [1.807, 2.05) is 29.2 Å². The molecule has 1 spiro atoms. The van der Waals surface area contributed by atoms with Gasteiger partial charge in [0, 0.05) is 33.9 Å². The minimum Gasteiger partial charge on any atom is -0.504 e. The third kappa shape index (κ3) is 5.18. The molecule has 3 saturated heterocycles. The van der Waals surface area contributed by atoms with E-state index >= 15 is 0 Å². The summed E-state index contributed by atoms with van der Waals surface area (Å²) in [5.74, 6) is -3.11. The Bertz CT molecular complexity index is 2050. The summed E-state index contributed by atoms with van der Waals surface area (Å²) in [5.41, 5.74) is 6.51. The van der Waals surface area contributed by atoms with Crippen molar-refractivity contribution in [3.63, 3.8) is 0 Å². The second-order valence-corrected chi connectivity index (χ2v) is 14.4. The molecule has 1 saturated carbocycles. The number of ether oxygens (including phenoxy) is 3. The summed E-state index contributed by atoms with van der Waals surface area (Å²) < 4.78 is 19.2. The van der Waals surface area contributed by atoms with Gasteiger partial charge in [0.2, 0.25) is 12.2 Å². The van der Waals surface area contributed by atoms with E-state index in [4.69, 9.17) is 19.9 Å². The molecule has 4 heterocycles. The smallest absolute Gasteiger partial charge is 0.242 e. The van der Waals surface area contributed by atoms with E-state index in [1.54, 1.807) is 24.3 Å². The monoisotopic (exact) mass is 725 g/mol. The molecule has 276 valence electrons. The molecule has 9 N–H and O–H groups in total. The van der Waals surface area contributed by atoms with Gasteiger partial charge < -0.3 is 44.9 Å². The lowest BCUT2D eigenvalue weighted by atomic mass is 9.79. The molecule has 9 rings (SSSR count). The van der Waals surface area contributed by atoms with E-state index in [1.165, 1.54) is 18.4 Å². The van der Waals surface area contributed by atoms with Gasteiger partial charge in [-0.25, -0.2) is 0 Å². The maximum atomic E-state index is 14.1. The molecule has 15 nitrogen and oxygen atoms in total. The molecule has 53 heavy (non-hydrogen) atoms. The zero-order valence-corrected chi connectivity index (χ0v) is 28.3. The highest BCUT2D eigenvalue weighted by Crippen LogP contribution is 2.50. The van der Waals surface area contributed by atoms with Gasteiger partial charge in [0.1, 0.15) is 48.5 Å². The molecule has 2 bridgehead atoms. The zero-order valence-electron chi connectivity index (χ0n) is 28.3. The highest BCUT2D eigenvalue weighted by molar-refractivity contribution is 6.29. The number of rotatable bonds is 2. The van der Waals surface area contributed by atoms with Crippen LogP contribution in [0.15, 0.2) is 66.9 Å². The van der Waals surface area contributed by atoms with Crippen LogP contribution in [-0.4, -0.2) is 99.4 Å². The first-order valence-corrected chi connectivity index (χ1v) is 17.8. The summed E-state index contributed by atoms with van der Waals surface area (Å²) >= 11 is 0. The Kier molecular flexibility index (Phi) is 8.08. The van der Waals surface area contributed by atoms with Gasteiger partial charge >= 0.3 is 0 Å². The number of nitrogens with two attached hydrogens (primary N) is 1. The summed E-state index contributed by atoms with van der Waals surface area (Å²) in [5, 5.41) is 54.9. The van der Waals surface area contributed by atoms with Crippen molar-refractivity contribution in [2.24, 2.45) is 5.73 Å². The SMILES string of the molecule is N[C@H]1NC(=O)[C@H]2NCN(c3ccccc3[C@@H]3/C=C/OC4(CCCC4)[C@@H]4O[C@H](Oc5c3cc3c(c5O)C(=O)c5ccccc5C3=O)[C@@H](O)[C@H](O)[C@H]4O)[C@@H]2N1. The van der Waals surface area contributed by atoms with Gasteiger partial charge in [0.15, 0.2) is 23.1 Å². The highest BCUT2D eigenvalue weighted by Gasteiger charge is 2.56. The van der Waals surface area contributed by atoms with E-state index in [0.717, 1.165) is 12.8 Å². The normalized spacial score (nSPS) is 33.4. The number of amides is 1. The number of hydrogen-bond acceptors (Lipinski definition) is 14. The van der Waals surface area contributed by atoms with Crippen LogP contribution in [0.2, 0.25) is 0 Å². The van der Waals surface area contributed by atoms with Crippen molar-refractivity contribution in [1.82, 2.24) is 16.0 Å². The maximum Gasteiger partial charge on any atom is 0.242 e. The number of carbonyl (C=O) groups excluding carboxylic acids is 3. The lowest BCUT2D eigenvalue weighted by Gasteiger charge is -2.47. The average Bonchev–Trinajstić information content (AvgIpc) is 3.81. The number of nitrogens with one attached hydrogen (secondary N) is 3. The lowest BCUT2D eigenvalue weighted by molar-refractivity contribution is -0.304. The fourth-order valence-corrected chi connectivity index (χ4v) is 8.89. The molecule has 6 aliphatic rings. The standard InChI is InChI=1S/C38H39N5O10/c39-37-41-34-25(35(50)42-37)40-16-43(34)23-10-4-3-7-18(23)17-11-14-51-38(12-5-6-13-38)33-30(48)29(47)31(49)36(53-33)52-32-21(17)15-22-24(28(32)46)27(45)20-9-2-1-8-19(20)26(22)44/h1-4,7-11,14-15,17,25,29-31,33-34,36-37,40-41,46-49H,5-6,12-13,16,39H2,(H,42,50)/b14-11+/t17-,25-,29+,30+,31-,33+,34-,36-,37+/m0/s1. The number of aromatic hydroxyl groups is 1. The highest BCUT2D eigenvalue weighted by atomic mass is 16.7. The molecule has 0 radical (unpaired) electrons. The molecule has 0 unspecified atom stereocenters. The van der Waals surface area contributed by atoms with Crippen molar-refractivity contribution in [3.8, 4) is 11.5 Å². The van der Waals surface area contributed by atoms with Crippen LogP contribution in [-0.2, 0) is 14.3 Å². The van der Waals surface area contributed by atoms with Crippen molar-refractivity contribution in [3.05, 3.63) is 100 Å². The number of fused-ring (bicyclic) bond motifs is 7. The Balaban J connectivity index is 1.26. The number of nitrogens with zero attached hydrogens (tertiary/aromatic N) is 1. The number of carbonyl (C=O) groups is 3. The summed E-state index contributed by atoms with van der Waals surface area (Å²) in [7, 11) is 0. The Hall–Kier alpha value is -4.87. The number of hydrogen-bond donors (Lipinski definition) is 8. The van der Waals surface area contributed by atoms with Crippen molar-refractivity contribution in [1.29, 1.82) is 0 Å². The van der Waals surface area contributed by atoms with Gasteiger partial charge in [-0.2, -0.15) is 0 Å². The zero-order chi connectivity index (χ0) is 36.8. The molecule has 0 aromatic heterocycles. The summed E-state index contributed by atoms with van der Waals surface area (Å²) in [6.45, 7) is 0.262. The first kappa shape index (κ1) is 33.9. The number of phenols is 1. The van der Waals surface area contributed by atoms with Crippen LogP contribution in [0.5, 0.6) is 11.5 Å². The number of anilines is 1. The molecular formula is C38H39N5O10. The maximum absolute atomic E-state index is 14.1. The van der Waals surface area contributed by atoms with Gasteiger partial charge in [-0.1, -0.05) is 42.5 Å². The average molecular weight is 726 g/mol. The molecule has 4 fully saturated rings. The largest absolute Gasteiger partial charge is 0.504 e. The number of aliphatic hydroxyl groups is 3. The fraction of sp³-hybridized carbons (Fsp3) is 0.395. The molecule has 15 heteroatoms. The predicted octanol–water partition coefficient (Wildman–Crippen LogP) is 0.366. The second-order valence-electron chi connectivity index (χ2n) is 14.4. The first-order valence-electron chi connectivity index (χ1n) is 17.8. The van der Waals surface area contributed by atoms with Crippen LogP contribution < -0.4 is 31.3 Å². The van der Waals surface area contributed by atoms with Crippen LogP contribution in [0.4, 0.5) is 5.69 Å². The molecule has 1 amide bonds. The third-order valence-corrected chi connectivity index (χ3v) is 11.5. The van der Waals surface area contributed by atoms with Crippen molar-refractivity contribution >= 4 is 23.2 Å². The minimum atomic E-state index is -1.78. The van der Waals surface area contributed by atoms with Crippen LogP contribution in [0.3, 0.4) is 0 Å². The van der Waals surface area contributed by atoms with Gasteiger partial charge in [-0.05, 0) is 49.5 Å². The number of allylic oxidation sites excluding steroid dienone is 1. The van der Waals surface area contributed by atoms with E-state index in [-0.39, 0.29) is 46.1 Å². The van der Waals surface area contributed by atoms with Crippen LogP contribution >= 0.6 is 0 Å². The molecule has 3 aromatic carbocycles. The summed E-state index contributed by atoms with van der Waals surface area (Å²) in [4.78, 5) is 42.9. The van der Waals surface area contributed by atoms with Crippen LogP contribution in [0, 0.1) is 0 Å². The Morgan fingerprint density at radius 3 is 2.36 bits per heavy atom. The molecular weight excluding hydrogens is 686 g/mol. The first-order chi connectivity index (χ1) is 25.6. The lowest BCUT2D eigenvalue weighted by Crippen LogP contribution is -2.70. The summed E-state index contributed by atoms with van der Waals surface area (Å²) in [6, 6.07) is 14.6. The van der Waals surface area contributed by atoms with Crippen molar-refractivity contribution in [2.45, 2.75) is 86.4 Å². The van der Waals surface area contributed by atoms with Crippen molar-refractivity contribution in [2.75, 3.05) is 11.6 Å². The van der Waals surface area contributed by atoms with E-state index < -0.39 is 78.0 Å². The number of benzene rings is 3. The fourth-order valence-electron chi connectivity index (χ4n) is 8.89. The van der Waals surface area contributed by atoms with Crippen molar-refractivity contribution < 1.29 is 49.0 Å². The number of ketones is 2.